The van der Waals surface area contributed by atoms with Gasteiger partial charge in [0.2, 0.25) is 0 Å². The van der Waals surface area contributed by atoms with Gasteiger partial charge in [0.15, 0.2) is 12.4 Å². The van der Waals surface area contributed by atoms with Crippen molar-refractivity contribution in [3.8, 4) is 0 Å². The molecule has 0 aromatic heterocycles. The van der Waals surface area contributed by atoms with Crippen LogP contribution in [0.1, 0.15) is 59.5 Å². The zero-order valence-corrected chi connectivity index (χ0v) is 17.5. The minimum atomic E-state index is -0.830. The fourth-order valence-electron chi connectivity index (χ4n) is 2.85. The Hall–Kier alpha value is -2.95. The summed E-state index contributed by atoms with van der Waals surface area (Å²) in [5.41, 5.74) is 3.24. The lowest BCUT2D eigenvalue weighted by Gasteiger charge is -2.20. The molecule has 2 rings (SSSR count). The third-order valence-electron chi connectivity index (χ3n) is 4.86. The molecule has 0 aliphatic rings. The molecular formula is C24H29NO4. The molecule has 0 spiro atoms. The number of nitrogens with one attached hydrogen (secondary N) is 1. The highest BCUT2D eigenvalue weighted by Gasteiger charge is 2.27. The number of ether oxygens (including phenoxy) is 1. The topological polar surface area (TPSA) is 72.5 Å². The molecule has 1 atom stereocenters. The third kappa shape index (κ3) is 6.28. The summed E-state index contributed by atoms with van der Waals surface area (Å²) < 4.78 is 5.21. The summed E-state index contributed by atoms with van der Waals surface area (Å²) in [5, 5.41) is 2.72. The van der Waals surface area contributed by atoms with Gasteiger partial charge in [-0.25, -0.2) is 4.79 Å². The Morgan fingerprint density at radius 2 is 1.31 bits per heavy atom. The van der Waals surface area contributed by atoms with Crippen LogP contribution in [-0.4, -0.2) is 30.3 Å². The van der Waals surface area contributed by atoms with Crippen LogP contribution in [0, 0.1) is 5.92 Å². The number of Topliss-reactive ketones (excluding diaryl/α,β-unsaturated/α-hetero) is 1. The minimum absolute atomic E-state index is 0.180. The summed E-state index contributed by atoms with van der Waals surface area (Å²) in [6.07, 6.45) is 1.78. The van der Waals surface area contributed by atoms with Crippen molar-refractivity contribution in [3.05, 3.63) is 70.8 Å². The van der Waals surface area contributed by atoms with E-state index in [1.807, 2.05) is 52.0 Å². The van der Waals surface area contributed by atoms with E-state index in [1.165, 1.54) is 0 Å². The summed E-state index contributed by atoms with van der Waals surface area (Å²) in [7, 11) is 0. The number of hydrogen-bond donors (Lipinski definition) is 1. The van der Waals surface area contributed by atoms with E-state index < -0.39 is 12.0 Å². The van der Waals surface area contributed by atoms with Crippen molar-refractivity contribution in [2.24, 2.45) is 5.92 Å². The monoisotopic (exact) mass is 395 g/mol. The van der Waals surface area contributed by atoms with Gasteiger partial charge in [-0.1, -0.05) is 64.1 Å². The molecule has 0 aliphatic heterocycles. The normalized spacial score (nSPS) is 11.8. The molecule has 0 fully saturated rings. The highest BCUT2D eigenvalue weighted by Crippen LogP contribution is 2.10. The van der Waals surface area contributed by atoms with Crippen molar-refractivity contribution < 1.29 is 19.1 Å². The number of carbonyl (C=O) groups is 3. The largest absolute Gasteiger partial charge is 0.456 e. The van der Waals surface area contributed by atoms with Crippen LogP contribution in [0.3, 0.4) is 0 Å². The van der Waals surface area contributed by atoms with Gasteiger partial charge in [0.1, 0.15) is 6.04 Å². The molecule has 2 aromatic carbocycles. The molecule has 0 saturated carbocycles. The van der Waals surface area contributed by atoms with Crippen LogP contribution in [0.25, 0.3) is 0 Å². The van der Waals surface area contributed by atoms with E-state index in [1.54, 1.807) is 24.3 Å². The Morgan fingerprint density at radius 1 is 0.828 bits per heavy atom. The lowest BCUT2D eigenvalue weighted by molar-refractivity contribution is -0.145. The molecule has 29 heavy (non-hydrogen) atoms. The van der Waals surface area contributed by atoms with Gasteiger partial charge in [-0.2, -0.15) is 0 Å². The predicted molar refractivity (Wildman–Crippen MR) is 113 cm³/mol. The van der Waals surface area contributed by atoms with E-state index in [4.69, 9.17) is 4.74 Å². The van der Waals surface area contributed by atoms with Gasteiger partial charge in [-0.05, 0) is 42.0 Å². The van der Waals surface area contributed by atoms with E-state index in [-0.39, 0.29) is 24.2 Å². The molecule has 0 radical (unpaired) electrons. The highest BCUT2D eigenvalue weighted by atomic mass is 16.5. The first-order valence-corrected chi connectivity index (χ1v) is 10.0. The molecule has 1 N–H and O–H groups in total. The molecule has 0 aliphatic carbocycles. The number of esters is 1. The second-order valence-electron chi connectivity index (χ2n) is 7.33. The fraction of sp³-hybridized carbons (Fsp3) is 0.375. The van der Waals surface area contributed by atoms with Gasteiger partial charge in [-0.3, -0.25) is 9.59 Å². The molecule has 1 amide bonds. The molecule has 154 valence electrons. The highest BCUT2D eigenvalue weighted by molar-refractivity contribution is 5.99. The zero-order chi connectivity index (χ0) is 21.4. The average Bonchev–Trinajstić information content (AvgIpc) is 2.75. The number of hydrogen-bond acceptors (Lipinski definition) is 4. The molecule has 0 unspecified atom stereocenters. The average molecular weight is 395 g/mol. The summed E-state index contributed by atoms with van der Waals surface area (Å²) in [6.45, 7) is 7.36. The second-order valence-corrected chi connectivity index (χ2v) is 7.33. The van der Waals surface area contributed by atoms with E-state index >= 15 is 0 Å². The van der Waals surface area contributed by atoms with Crippen molar-refractivity contribution in [1.29, 1.82) is 0 Å². The van der Waals surface area contributed by atoms with Crippen molar-refractivity contribution >= 4 is 17.7 Å². The van der Waals surface area contributed by atoms with Crippen molar-refractivity contribution in [3.63, 3.8) is 0 Å². The van der Waals surface area contributed by atoms with Crippen LogP contribution in [0.5, 0.6) is 0 Å². The summed E-state index contributed by atoms with van der Waals surface area (Å²) >= 11 is 0. The van der Waals surface area contributed by atoms with Crippen LogP contribution >= 0.6 is 0 Å². The van der Waals surface area contributed by atoms with Gasteiger partial charge in [0.05, 0.1) is 0 Å². The fourth-order valence-corrected chi connectivity index (χ4v) is 2.85. The second kappa shape index (κ2) is 10.6. The molecule has 2 aromatic rings. The standard InChI is InChI=1S/C24H29NO4/c1-5-17-7-11-19(12-8-17)21(26)15-29-24(28)22(16(3)4)25-23(27)20-13-9-18(6-2)10-14-20/h7-14,16,22H,5-6,15H2,1-4H3,(H,25,27)/t22-/m0/s1. The molecule has 5 heteroatoms. The molecule has 0 heterocycles. The maximum atomic E-state index is 12.5. The minimum Gasteiger partial charge on any atom is -0.456 e. The maximum Gasteiger partial charge on any atom is 0.329 e. The molecular weight excluding hydrogens is 366 g/mol. The van der Waals surface area contributed by atoms with Crippen molar-refractivity contribution in [2.75, 3.05) is 6.61 Å². The summed E-state index contributed by atoms with van der Waals surface area (Å²) in [5.74, 6) is -1.41. The summed E-state index contributed by atoms with van der Waals surface area (Å²) in [6, 6.07) is 13.7. The first-order chi connectivity index (χ1) is 13.8. The Labute approximate surface area is 172 Å². The van der Waals surface area contributed by atoms with E-state index in [0.29, 0.717) is 11.1 Å². The third-order valence-corrected chi connectivity index (χ3v) is 4.86. The van der Waals surface area contributed by atoms with Gasteiger partial charge in [0, 0.05) is 11.1 Å². The predicted octanol–water partition coefficient (Wildman–Crippen LogP) is 3.99. The Kier molecular flexibility index (Phi) is 8.13. The Morgan fingerprint density at radius 3 is 1.76 bits per heavy atom. The smallest absolute Gasteiger partial charge is 0.329 e. The quantitative estimate of drug-likeness (QED) is 0.515. The Balaban J connectivity index is 1.97. The molecule has 0 saturated heterocycles. The van der Waals surface area contributed by atoms with Crippen LogP contribution in [-0.2, 0) is 22.4 Å². The number of amides is 1. The van der Waals surface area contributed by atoms with E-state index in [0.717, 1.165) is 24.0 Å². The lowest BCUT2D eigenvalue weighted by atomic mass is 10.0. The van der Waals surface area contributed by atoms with Crippen LogP contribution in [0.15, 0.2) is 48.5 Å². The maximum absolute atomic E-state index is 12.5. The van der Waals surface area contributed by atoms with Crippen LogP contribution < -0.4 is 5.32 Å². The lowest BCUT2D eigenvalue weighted by Crippen LogP contribution is -2.45. The van der Waals surface area contributed by atoms with Gasteiger partial charge in [-0.15, -0.1) is 0 Å². The Bertz CT molecular complexity index is 838. The molecule has 0 bridgehead atoms. The van der Waals surface area contributed by atoms with Gasteiger partial charge >= 0.3 is 5.97 Å². The number of benzene rings is 2. The number of carbonyl (C=O) groups excluding carboxylic acids is 3. The summed E-state index contributed by atoms with van der Waals surface area (Å²) in [4.78, 5) is 37.3. The van der Waals surface area contributed by atoms with E-state index in [9.17, 15) is 14.4 Å². The van der Waals surface area contributed by atoms with Crippen molar-refractivity contribution in [1.82, 2.24) is 5.32 Å². The van der Waals surface area contributed by atoms with Gasteiger partial charge < -0.3 is 10.1 Å². The number of aryl methyl sites for hydroxylation is 2. The van der Waals surface area contributed by atoms with Crippen LogP contribution in [0.4, 0.5) is 0 Å². The molecule has 5 nitrogen and oxygen atoms in total. The first-order valence-electron chi connectivity index (χ1n) is 10.0. The first kappa shape index (κ1) is 22.3. The number of rotatable bonds is 9. The van der Waals surface area contributed by atoms with E-state index in [2.05, 4.69) is 5.32 Å². The SMILES string of the molecule is CCc1ccc(C(=O)COC(=O)[C@@H](NC(=O)c2ccc(CC)cc2)C(C)C)cc1. The van der Waals surface area contributed by atoms with Crippen LogP contribution in [0.2, 0.25) is 0 Å². The van der Waals surface area contributed by atoms with Gasteiger partial charge in [0.25, 0.3) is 5.91 Å². The van der Waals surface area contributed by atoms with Crippen molar-refractivity contribution in [2.45, 2.75) is 46.6 Å². The zero-order valence-electron chi connectivity index (χ0n) is 17.5. The number of ketones is 1.